The van der Waals surface area contributed by atoms with Crippen LogP contribution >= 0.6 is 0 Å². The number of carbonyl (C=O) groups is 1. The minimum absolute atomic E-state index is 0.0530. The van der Waals surface area contributed by atoms with E-state index in [9.17, 15) is 4.79 Å². The van der Waals surface area contributed by atoms with Gasteiger partial charge in [0.2, 0.25) is 0 Å². The van der Waals surface area contributed by atoms with Gasteiger partial charge in [-0.3, -0.25) is 4.79 Å². The van der Waals surface area contributed by atoms with E-state index < -0.39 is 0 Å². The van der Waals surface area contributed by atoms with E-state index >= 15 is 0 Å². The number of rotatable bonds is 6. The average molecular weight is 277 g/mol. The Morgan fingerprint density at radius 2 is 1.52 bits per heavy atom. The summed E-state index contributed by atoms with van der Waals surface area (Å²) < 4.78 is 0. The van der Waals surface area contributed by atoms with Gasteiger partial charge in [0.05, 0.1) is 0 Å². The maximum atomic E-state index is 12.5. The summed E-state index contributed by atoms with van der Waals surface area (Å²) in [6.45, 7) is 7.40. The minimum atomic E-state index is -0.0530. The molecule has 0 saturated heterocycles. The lowest BCUT2D eigenvalue weighted by Crippen LogP contribution is -2.06. The molecule has 2 rings (SSSR count). The van der Waals surface area contributed by atoms with Crippen LogP contribution in [0.2, 0.25) is 0 Å². The first-order valence-corrected chi connectivity index (χ1v) is 6.89. The Morgan fingerprint density at radius 1 is 0.952 bits per heavy atom. The molecule has 0 saturated carbocycles. The lowest BCUT2D eigenvalue weighted by atomic mass is 9.98. The average Bonchev–Trinajstić information content (AvgIpc) is 2.48. The maximum Gasteiger partial charge on any atom is 0.195 e. The molecule has 0 unspecified atom stereocenters. The molecule has 21 heavy (non-hydrogen) atoms. The van der Waals surface area contributed by atoms with Crippen molar-refractivity contribution >= 4 is 11.5 Å². The fourth-order valence-electron chi connectivity index (χ4n) is 2.23. The van der Waals surface area contributed by atoms with E-state index in [-0.39, 0.29) is 5.78 Å². The number of hydrogen-bond acceptors (Lipinski definition) is 2. The number of nitrogens with two attached hydrogens (primary N) is 1. The molecule has 0 heterocycles. The Labute approximate surface area is 125 Å². The molecular weight excluding hydrogens is 258 g/mol. The largest absolute Gasteiger partial charge is 0.398 e. The molecule has 2 N–H and O–H groups in total. The third kappa shape index (κ3) is 3.48. The first-order chi connectivity index (χ1) is 10.2. The van der Waals surface area contributed by atoms with Crippen LogP contribution in [-0.2, 0) is 12.8 Å². The first-order valence-electron chi connectivity index (χ1n) is 6.89. The fourth-order valence-corrected chi connectivity index (χ4v) is 2.23. The lowest BCUT2D eigenvalue weighted by Gasteiger charge is -2.07. The van der Waals surface area contributed by atoms with Gasteiger partial charge in [0.1, 0.15) is 0 Å². The van der Waals surface area contributed by atoms with Gasteiger partial charge in [-0.1, -0.05) is 42.5 Å². The van der Waals surface area contributed by atoms with E-state index in [0.717, 1.165) is 24.0 Å². The molecule has 2 nitrogen and oxygen atoms in total. The monoisotopic (exact) mass is 277 g/mol. The summed E-state index contributed by atoms with van der Waals surface area (Å²) in [7, 11) is 0. The highest BCUT2D eigenvalue weighted by Gasteiger charge is 2.12. The number of carbonyl (C=O) groups excluding carboxylic acids is 1. The van der Waals surface area contributed by atoms with E-state index in [1.54, 1.807) is 6.07 Å². The van der Waals surface area contributed by atoms with Crippen LogP contribution in [-0.4, -0.2) is 5.78 Å². The van der Waals surface area contributed by atoms with Gasteiger partial charge in [0.25, 0.3) is 0 Å². The van der Waals surface area contributed by atoms with Crippen molar-refractivity contribution < 1.29 is 4.79 Å². The molecule has 2 heteroatoms. The molecule has 0 aliphatic heterocycles. The number of ketones is 1. The molecule has 0 aromatic heterocycles. The Balaban J connectivity index is 2.26. The van der Waals surface area contributed by atoms with Crippen molar-refractivity contribution in [2.45, 2.75) is 12.8 Å². The summed E-state index contributed by atoms with van der Waals surface area (Å²) in [5.74, 6) is -0.0530. The van der Waals surface area contributed by atoms with Crippen LogP contribution in [0.15, 0.2) is 67.8 Å². The van der Waals surface area contributed by atoms with Crippen molar-refractivity contribution in [2.24, 2.45) is 0 Å². The van der Waals surface area contributed by atoms with Crippen LogP contribution in [0.5, 0.6) is 0 Å². The molecule has 0 aliphatic carbocycles. The Hall–Kier alpha value is -2.61. The van der Waals surface area contributed by atoms with Gasteiger partial charge in [0, 0.05) is 16.8 Å². The third-order valence-corrected chi connectivity index (χ3v) is 3.34. The number of nitrogen functional groups attached to an aromatic ring is 1. The molecule has 0 aliphatic rings. The molecule has 2 aromatic rings. The molecule has 106 valence electrons. The second-order valence-corrected chi connectivity index (χ2v) is 4.93. The van der Waals surface area contributed by atoms with Gasteiger partial charge >= 0.3 is 0 Å². The minimum Gasteiger partial charge on any atom is -0.398 e. The summed E-state index contributed by atoms with van der Waals surface area (Å²) in [6, 6.07) is 13.1. The Morgan fingerprint density at radius 3 is 2.10 bits per heavy atom. The summed E-state index contributed by atoms with van der Waals surface area (Å²) in [5.41, 5.74) is 9.88. The van der Waals surface area contributed by atoms with E-state index in [4.69, 9.17) is 5.73 Å². The fraction of sp³-hybridized carbons (Fsp3) is 0.105. The van der Waals surface area contributed by atoms with Crippen molar-refractivity contribution in [3.8, 4) is 0 Å². The second kappa shape index (κ2) is 6.71. The summed E-state index contributed by atoms with van der Waals surface area (Å²) in [6.07, 6.45) is 5.20. The standard InChI is InChI=1S/C19H19NO/c1-3-5-14-7-10-16(11-8-14)19(21)17-12-9-15(6-4-2)13-18(17)20/h3-4,7-13H,1-2,5-6,20H2. The van der Waals surface area contributed by atoms with E-state index in [1.807, 2.05) is 48.6 Å². The number of benzene rings is 2. The third-order valence-electron chi connectivity index (χ3n) is 3.34. The van der Waals surface area contributed by atoms with E-state index in [1.165, 1.54) is 0 Å². The number of allylic oxidation sites excluding steroid dienone is 2. The van der Waals surface area contributed by atoms with Crippen molar-refractivity contribution in [3.63, 3.8) is 0 Å². The van der Waals surface area contributed by atoms with E-state index in [2.05, 4.69) is 13.2 Å². The number of hydrogen-bond donors (Lipinski definition) is 1. The maximum absolute atomic E-state index is 12.5. The second-order valence-electron chi connectivity index (χ2n) is 4.93. The highest BCUT2D eigenvalue weighted by Crippen LogP contribution is 2.19. The summed E-state index contributed by atoms with van der Waals surface area (Å²) in [4.78, 5) is 12.5. The van der Waals surface area contributed by atoms with Gasteiger partial charge in [0.15, 0.2) is 5.78 Å². The van der Waals surface area contributed by atoms with Crippen LogP contribution in [0.4, 0.5) is 5.69 Å². The molecule has 0 amide bonds. The zero-order valence-electron chi connectivity index (χ0n) is 12.0. The van der Waals surface area contributed by atoms with Crippen molar-refractivity contribution in [1.29, 1.82) is 0 Å². The summed E-state index contributed by atoms with van der Waals surface area (Å²) in [5, 5.41) is 0. The molecule has 0 fully saturated rings. The SMILES string of the molecule is C=CCc1ccc(C(=O)c2ccc(CC=C)cc2N)cc1. The molecule has 0 spiro atoms. The van der Waals surface area contributed by atoms with Gasteiger partial charge in [-0.25, -0.2) is 0 Å². The van der Waals surface area contributed by atoms with Crippen LogP contribution in [0.3, 0.4) is 0 Å². The van der Waals surface area contributed by atoms with Crippen molar-refractivity contribution in [2.75, 3.05) is 5.73 Å². The van der Waals surface area contributed by atoms with Gasteiger partial charge in [-0.15, -0.1) is 13.2 Å². The Bertz CT molecular complexity index is 668. The van der Waals surface area contributed by atoms with E-state index in [0.29, 0.717) is 16.8 Å². The van der Waals surface area contributed by atoms with Gasteiger partial charge in [-0.2, -0.15) is 0 Å². The van der Waals surface area contributed by atoms with Crippen LogP contribution in [0.1, 0.15) is 27.0 Å². The first kappa shape index (κ1) is 14.8. The highest BCUT2D eigenvalue weighted by molar-refractivity contribution is 6.12. The lowest BCUT2D eigenvalue weighted by molar-refractivity contribution is 0.103. The van der Waals surface area contributed by atoms with Gasteiger partial charge in [-0.05, 0) is 36.1 Å². The number of anilines is 1. The van der Waals surface area contributed by atoms with Gasteiger partial charge < -0.3 is 5.73 Å². The zero-order valence-corrected chi connectivity index (χ0v) is 12.0. The quantitative estimate of drug-likeness (QED) is 0.493. The molecule has 0 bridgehead atoms. The van der Waals surface area contributed by atoms with Crippen LogP contribution in [0, 0.1) is 0 Å². The van der Waals surface area contributed by atoms with Crippen LogP contribution < -0.4 is 5.73 Å². The predicted octanol–water partition coefficient (Wildman–Crippen LogP) is 3.96. The molecule has 0 radical (unpaired) electrons. The molecule has 0 atom stereocenters. The van der Waals surface area contributed by atoms with Crippen LogP contribution in [0.25, 0.3) is 0 Å². The topological polar surface area (TPSA) is 43.1 Å². The molecule has 2 aromatic carbocycles. The summed E-state index contributed by atoms with van der Waals surface area (Å²) >= 11 is 0. The molecular formula is C19H19NO. The smallest absolute Gasteiger partial charge is 0.195 e. The highest BCUT2D eigenvalue weighted by atomic mass is 16.1. The predicted molar refractivity (Wildman–Crippen MR) is 88.5 cm³/mol. The van der Waals surface area contributed by atoms with Crippen molar-refractivity contribution in [3.05, 3.63) is 90.0 Å². The zero-order chi connectivity index (χ0) is 15.2. The normalized spacial score (nSPS) is 10.1. The Kier molecular flexibility index (Phi) is 4.72. The van der Waals surface area contributed by atoms with Crippen molar-refractivity contribution in [1.82, 2.24) is 0 Å².